The van der Waals surface area contributed by atoms with Gasteiger partial charge < -0.3 is 16.2 Å². The zero-order valence-corrected chi connectivity index (χ0v) is 10.5. The van der Waals surface area contributed by atoms with Gasteiger partial charge in [-0.05, 0) is 18.2 Å². The zero-order chi connectivity index (χ0) is 15.6. The van der Waals surface area contributed by atoms with Crippen molar-refractivity contribution < 1.29 is 19.2 Å². The Bertz CT molecular complexity index is 733. The number of nitrogen functional groups attached to an aromatic ring is 1. The molecule has 0 bridgehead atoms. The van der Waals surface area contributed by atoms with Crippen LogP contribution >= 0.6 is 0 Å². The lowest BCUT2D eigenvalue weighted by Crippen LogP contribution is -2.15. The number of carbonyl (C=O) groups excluding carboxylic acids is 1. The highest BCUT2D eigenvalue weighted by atomic mass is 19.1. The number of nitro benzene ring substituents is 1. The highest BCUT2D eigenvalue weighted by Crippen LogP contribution is 2.33. The smallest absolute Gasteiger partial charge is 0.296 e. The lowest BCUT2D eigenvalue weighted by molar-refractivity contribution is -0.384. The van der Waals surface area contributed by atoms with Crippen molar-refractivity contribution >= 4 is 23.0 Å². The van der Waals surface area contributed by atoms with Crippen LogP contribution in [0, 0.1) is 15.9 Å². The van der Waals surface area contributed by atoms with E-state index in [-0.39, 0.29) is 16.9 Å². The molecule has 0 heterocycles. The van der Waals surface area contributed by atoms with E-state index in [1.165, 1.54) is 24.3 Å². The Morgan fingerprint density at radius 1 is 1.29 bits per heavy atom. The molecule has 21 heavy (non-hydrogen) atoms. The summed E-state index contributed by atoms with van der Waals surface area (Å²) in [6.07, 6.45) is 0. The van der Waals surface area contributed by atoms with Crippen molar-refractivity contribution in [3.05, 3.63) is 57.9 Å². The van der Waals surface area contributed by atoms with Crippen molar-refractivity contribution in [2.24, 2.45) is 0 Å². The number of para-hydroxylation sites is 2. The molecule has 0 spiro atoms. The van der Waals surface area contributed by atoms with Gasteiger partial charge in [0, 0.05) is 6.07 Å². The van der Waals surface area contributed by atoms with Crippen molar-refractivity contribution in [1.29, 1.82) is 0 Å². The first-order valence-corrected chi connectivity index (χ1v) is 5.73. The molecule has 4 N–H and O–H groups in total. The van der Waals surface area contributed by atoms with Crippen LogP contribution in [0.5, 0.6) is 5.75 Å². The second-order valence-electron chi connectivity index (χ2n) is 4.08. The van der Waals surface area contributed by atoms with E-state index in [0.29, 0.717) is 0 Å². The minimum atomic E-state index is -0.864. The van der Waals surface area contributed by atoms with Gasteiger partial charge in [0.2, 0.25) is 0 Å². The number of halogens is 1. The maximum absolute atomic E-state index is 13.3. The number of anilines is 2. The second-order valence-corrected chi connectivity index (χ2v) is 4.08. The van der Waals surface area contributed by atoms with Gasteiger partial charge in [0.05, 0.1) is 16.2 Å². The molecule has 0 aliphatic rings. The van der Waals surface area contributed by atoms with Crippen molar-refractivity contribution in [3.8, 4) is 5.75 Å². The number of nitrogens with two attached hydrogens (primary N) is 1. The van der Waals surface area contributed by atoms with Crippen LogP contribution < -0.4 is 11.1 Å². The first kappa shape index (κ1) is 14.3. The number of hydrogen-bond acceptors (Lipinski definition) is 5. The van der Waals surface area contributed by atoms with Crippen LogP contribution in [0.3, 0.4) is 0 Å². The van der Waals surface area contributed by atoms with Gasteiger partial charge in [0.1, 0.15) is 11.6 Å². The van der Waals surface area contributed by atoms with E-state index in [1.807, 2.05) is 0 Å². The number of nitrogens with zero attached hydrogens (tertiary/aromatic N) is 1. The third kappa shape index (κ3) is 2.73. The maximum atomic E-state index is 13.3. The number of hydrogen-bond donors (Lipinski definition) is 3. The highest BCUT2D eigenvalue weighted by Gasteiger charge is 2.21. The fourth-order valence-corrected chi connectivity index (χ4v) is 1.72. The van der Waals surface area contributed by atoms with Crippen LogP contribution in [0.25, 0.3) is 0 Å². The van der Waals surface area contributed by atoms with E-state index in [2.05, 4.69) is 5.32 Å². The Labute approximate surface area is 118 Å². The SMILES string of the molecule is Nc1c(F)cccc1C(=O)Nc1c(O)cccc1[N+](=O)[O-]. The van der Waals surface area contributed by atoms with Gasteiger partial charge in [-0.15, -0.1) is 0 Å². The Morgan fingerprint density at radius 3 is 2.62 bits per heavy atom. The second kappa shape index (κ2) is 5.45. The monoisotopic (exact) mass is 291 g/mol. The number of rotatable bonds is 3. The number of nitrogens with one attached hydrogen (secondary N) is 1. The van der Waals surface area contributed by atoms with Crippen LogP contribution in [-0.2, 0) is 0 Å². The number of phenolic OH excluding ortho intramolecular Hbond substituents is 1. The standard InChI is InChI=1S/C13H10FN3O4/c14-8-4-1-3-7(11(8)15)13(19)16-12-9(17(20)21)5-2-6-10(12)18/h1-6,18H,15H2,(H,16,19). The lowest BCUT2D eigenvalue weighted by atomic mass is 10.1. The number of benzene rings is 2. The van der Waals surface area contributed by atoms with Gasteiger partial charge in [-0.1, -0.05) is 12.1 Å². The van der Waals surface area contributed by atoms with Crippen molar-refractivity contribution in [3.63, 3.8) is 0 Å². The fraction of sp³-hybridized carbons (Fsp3) is 0. The summed E-state index contributed by atoms with van der Waals surface area (Å²) in [5.74, 6) is -2.13. The summed E-state index contributed by atoms with van der Waals surface area (Å²) < 4.78 is 13.3. The van der Waals surface area contributed by atoms with Crippen molar-refractivity contribution in [2.45, 2.75) is 0 Å². The maximum Gasteiger partial charge on any atom is 0.296 e. The highest BCUT2D eigenvalue weighted by molar-refractivity contribution is 6.09. The summed E-state index contributed by atoms with van der Waals surface area (Å²) in [5.41, 5.74) is 4.01. The summed E-state index contributed by atoms with van der Waals surface area (Å²) in [6, 6.07) is 7.18. The number of aromatic hydroxyl groups is 1. The number of amides is 1. The third-order valence-electron chi connectivity index (χ3n) is 2.75. The molecule has 0 aliphatic heterocycles. The molecule has 0 unspecified atom stereocenters. The van der Waals surface area contributed by atoms with E-state index in [0.717, 1.165) is 12.1 Å². The van der Waals surface area contributed by atoms with Gasteiger partial charge >= 0.3 is 0 Å². The molecule has 2 aromatic carbocycles. The molecule has 7 nitrogen and oxygen atoms in total. The van der Waals surface area contributed by atoms with Gasteiger partial charge in [-0.25, -0.2) is 4.39 Å². The van der Waals surface area contributed by atoms with Crippen LogP contribution in [0.1, 0.15) is 10.4 Å². The number of carbonyl (C=O) groups is 1. The minimum Gasteiger partial charge on any atom is -0.505 e. The molecular formula is C13H10FN3O4. The van der Waals surface area contributed by atoms with Crippen LogP contribution in [0.2, 0.25) is 0 Å². The molecular weight excluding hydrogens is 281 g/mol. The van der Waals surface area contributed by atoms with E-state index in [1.54, 1.807) is 0 Å². The van der Waals surface area contributed by atoms with E-state index >= 15 is 0 Å². The molecule has 108 valence electrons. The molecule has 0 atom stereocenters. The lowest BCUT2D eigenvalue weighted by Gasteiger charge is -2.09. The minimum absolute atomic E-state index is 0.187. The summed E-state index contributed by atoms with van der Waals surface area (Å²) in [4.78, 5) is 22.1. The van der Waals surface area contributed by atoms with Crippen LogP contribution in [0.15, 0.2) is 36.4 Å². The molecule has 0 aromatic heterocycles. The quantitative estimate of drug-likeness (QED) is 0.347. The van der Waals surface area contributed by atoms with E-state index < -0.39 is 28.1 Å². The third-order valence-corrected chi connectivity index (χ3v) is 2.75. The molecule has 0 saturated heterocycles. The van der Waals surface area contributed by atoms with Gasteiger partial charge in [-0.2, -0.15) is 0 Å². The molecule has 8 heteroatoms. The summed E-state index contributed by atoms with van der Waals surface area (Å²) >= 11 is 0. The predicted molar refractivity (Wildman–Crippen MR) is 73.5 cm³/mol. The summed E-state index contributed by atoms with van der Waals surface area (Å²) in [5, 5.41) is 22.7. The van der Waals surface area contributed by atoms with Crippen molar-refractivity contribution in [2.75, 3.05) is 11.1 Å². The average molecular weight is 291 g/mol. The average Bonchev–Trinajstić information content (AvgIpc) is 2.43. The van der Waals surface area contributed by atoms with Gasteiger partial charge in [-0.3, -0.25) is 14.9 Å². The Balaban J connectivity index is 2.41. The molecule has 0 fully saturated rings. The van der Waals surface area contributed by atoms with E-state index in [9.17, 15) is 24.4 Å². The first-order valence-electron chi connectivity index (χ1n) is 5.73. The van der Waals surface area contributed by atoms with Gasteiger partial charge in [0.25, 0.3) is 11.6 Å². The normalized spacial score (nSPS) is 10.1. The Morgan fingerprint density at radius 2 is 1.95 bits per heavy atom. The zero-order valence-electron chi connectivity index (χ0n) is 10.5. The Kier molecular flexibility index (Phi) is 3.70. The Hall–Kier alpha value is -3.16. The molecule has 0 radical (unpaired) electrons. The van der Waals surface area contributed by atoms with Crippen LogP contribution in [0.4, 0.5) is 21.5 Å². The van der Waals surface area contributed by atoms with Crippen LogP contribution in [-0.4, -0.2) is 15.9 Å². The van der Waals surface area contributed by atoms with Gasteiger partial charge in [0.15, 0.2) is 5.69 Å². The molecule has 1 amide bonds. The topological polar surface area (TPSA) is 118 Å². The molecule has 0 saturated carbocycles. The number of nitro groups is 1. The molecule has 2 aromatic rings. The van der Waals surface area contributed by atoms with Crippen molar-refractivity contribution in [1.82, 2.24) is 0 Å². The summed E-state index contributed by atoms with van der Waals surface area (Å²) in [7, 11) is 0. The number of phenols is 1. The molecule has 2 rings (SSSR count). The summed E-state index contributed by atoms with van der Waals surface area (Å²) in [6.45, 7) is 0. The predicted octanol–water partition coefficient (Wildman–Crippen LogP) is 2.27. The first-order chi connectivity index (χ1) is 9.91. The fourth-order valence-electron chi connectivity index (χ4n) is 1.72. The van der Waals surface area contributed by atoms with E-state index in [4.69, 9.17) is 5.73 Å². The molecule has 0 aliphatic carbocycles. The largest absolute Gasteiger partial charge is 0.505 e.